The molecule has 1 aliphatic heterocycles. The molecule has 1 saturated heterocycles. The van der Waals surface area contributed by atoms with Gasteiger partial charge in [0.05, 0.1) is 11.7 Å². The van der Waals surface area contributed by atoms with E-state index < -0.39 is 0 Å². The van der Waals surface area contributed by atoms with Crippen LogP contribution in [0.25, 0.3) is 5.65 Å². The van der Waals surface area contributed by atoms with Crippen molar-refractivity contribution in [3.63, 3.8) is 0 Å². The Labute approximate surface area is 154 Å². The Balaban J connectivity index is 0.00000144. The van der Waals surface area contributed by atoms with Crippen molar-refractivity contribution < 1.29 is 9.53 Å². The lowest BCUT2D eigenvalue weighted by molar-refractivity contribution is 0.00843. The first kappa shape index (κ1) is 20.7. The number of amides is 1. The van der Waals surface area contributed by atoms with Gasteiger partial charge in [0.25, 0.3) is 5.91 Å². The third-order valence-electron chi connectivity index (χ3n) is 4.07. The number of ether oxygens (including phenoxy) is 1. The van der Waals surface area contributed by atoms with Crippen molar-refractivity contribution in [3.8, 4) is 0 Å². The first-order valence-electron chi connectivity index (χ1n) is 7.81. The molecule has 3 rings (SSSR count). The van der Waals surface area contributed by atoms with Gasteiger partial charge in [0.1, 0.15) is 5.65 Å². The van der Waals surface area contributed by atoms with Crippen LogP contribution in [0.5, 0.6) is 0 Å². The number of aromatic nitrogens is 2. The minimum absolute atomic E-state index is 0. The second kappa shape index (κ2) is 9.84. The van der Waals surface area contributed by atoms with Gasteiger partial charge in [-0.3, -0.25) is 4.79 Å². The van der Waals surface area contributed by atoms with E-state index in [2.05, 4.69) is 4.98 Å². The lowest BCUT2D eigenvalue weighted by Crippen LogP contribution is -2.41. The summed E-state index contributed by atoms with van der Waals surface area (Å²) in [7, 11) is 0. The quantitative estimate of drug-likeness (QED) is 0.813. The van der Waals surface area contributed by atoms with Crippen LogP contribution >= 0.6 is 24.8 Å². The monoisotopic (exact) mass is 374 g/mol. The molecule has 2 aromatic heterocycles. The molecule has 1 aliphatic rings. The van der Waals surface area contributed by atoms with E-state index in [0.717, 1.165) is 38.0 Å². The van der Waals surface area contributed by atoms with E-state index in [-0.39, 0.29) is 36.8 Å². The number of pyridine rings is 1. The fourth-order valence-corrected chi connectivity index (χ4v) is 2.79. The number of hydrogen-bond acceptors (Lipinski definition) is 4. The maximum absolute atomic E-state index is 12.6. The van der Waals surface area contributed by atoms with Crippen molar-refractivity contribution >= 4 is 36.4 Å². The van der Waals surface area contributed by atoms with Crippen molar-refractivity contribution in [3.05, 3.63) is 36.3 Å². The van der Waals surface area contributed by atoms with Crippen molar-refractivity contribution in [1.29, 1.82) is 0 Å². The Bertz CT molecular complexity index is 642. The Kier molecular flexibility index (Phi) is 8.48. The van der Waals surface area contributed by atoms with Gasteiger partial charge in [-0.1, -0.05) is 0 Å². The molecule has 134 valence electrons. The van der Waals surface area contributed by atoms with Crippen LogP contribution in [0.1, 0.15) is 29.6 Å². The molecule has 0 saturated carbocycles. The predicted octanol–water partition coefficient (Wildman–Crippen LogP) is 2.15. The number of nitrogens with zero attached hydrogens (tertiary/aromatic N) is 3. The number of imidazole rings is 1. The minimum atomic E-state index is 0. The van der Waals surface area contributed by atoms with Gasteiger partial charge in [0.2, 0.25) is 0 Å². The molecule has 24 heavy (non-hydrogen) atoms. The molecule has 2 N–H and O–H groups in total. The van der Waals surface area contributed by atoms with E-state index in [4.69, 9.17) is 10.5 Å². The number of likely N-dealkylation sites (tertiary alicyclic amines) is 1. The molecular weight excluding hydrogens is 351 g/mol. The number of halogens is 2. The average molecular weight is 375 g/mol. The number of nitrogens with two attached hydrogens (primary N) is 1. The summed E-state index contributed by atoms with van der Waals surface area (Å²) in [6.07, 6.45) is 8.36. The molecule has 2 aromatic rings. The average Bonchev–Trinajstić information content (AvgIpc) is 3.02. The van der Waals surface area contributed by atoms with E-state index in [1.165, 1.54) is 0 Å². The van der Waals surface area contributed by atoms with E-state index in [0.29, 0.717) is 18.7 Å². The van der Waals surface area contributed by atoms with Crippen molar-refractivity contribution in [1.82, 2.24) is 14.3 Å². The van der Waals surface area contributed by atoms with Crippen LogP contribution in [-0.4, -0.2) is 52.5 Å². The van der Waals surface area contributed by atoms with Crippen LogP contribution in [0.3, 0.4) is 0 Å². The van der Waals surface area contributed by atoms with Crippen LogP contribution in [0.4, 0.5) is 0 Å². The summed E-state index contributed by atoms with van der Waals surface area (Å²) in [5, 5.41) is 0. The molecule has 0 aromatic carbocycles. The summed E-state index contributed by atoms with van der Waals surface area (Å²) in [4.78, 5) is 18.7. The van der Waals surface area contributed by atoms with Crippen molar-refractivity contribution in [2.75, 3.05) is 26.2 Å². The molecule has 0 spiro atoms. The Morgan fingerprint density at radius 1 is 1.29 bits per heavy atom. The fraction of sp³-hybridized carbons (Fsp3) is 0.500. The lowest BCUT2D eigenvalue weighted by atomic mass is 10.1. The van der Waals surface area contributed by atoms with Gasteiger partial charge in [-0.15, -0.1) is 24.8 Å². The second-order valence-electron chi connectivity index (χ2n) is 5.62. The van der Waals surface area contributed by atoms with Gasteiger partial charge in [0, 0.05) is 38.3 Å². The Morgan fingerprint density at radius 3 is 2.75 bits per heavy atom. The number of rotatable bonds is 5. The zero-order chi connectivity index (χ0) is 15.4. The molecule has 0 atom stereocenters. The highest BCUT2D eigenvalue weighted by Crippen LogP contribution is 2.17. The zero-order valence-electron chi connectivity index (χ0n) is 13.5. The highest BCUT2D eigenvalue weighted by atomic mass is 35.5. The van der Waals surface area contributed by atoms with E-state index >= 15 is 0 Å². The number of carbonyl (C=O) groups is 1. The number of hydrogen-bond donors (Lipinski definition) is 1. The topological polar surface area (TPSA) is 72.9 Å². The molecule has 0 unspecified atom stereocenters. The number of carbonyl (C=O) groups excluding carboxylic acids is 1. The molecule has 6 nitrogen and oxygen atoms in total. The van der Waals surface area contributed by atoms with Crippen LogP contribution in [0, 0.1) is 0 Å². The van der Waals surface area contributed by atoms with E-state index in [9.17, 15) is 4.79 Å². The Morgan fingerprint density at radius 2 is 2.04 bits per heavy atom. The predicted molar refractivity (Wildman–Crippen MR) is 98.2 cm³/mol. The summed E-state index contributed by atoms with van der Waals surface area (Å²) in [5.74, 6) is 0.0796. The maximum Gasteiger partial charge on any atom is 0.255 e. The van der Waals surface area contributed by atoms with Gasteiger partial charge >= 0.3 is 0 Å². The van der Waals surface area contributed by atoms with Crippen LogP contribution in [-0.2, 0) is 4.74 Å². The van der Waals surface area contributed by atoms with Crippen molar-refractivity contribution in [2.45, 2.75) is 25.4 Å². The highest BCUT2D eigenvalue weighted by molar-refractivity contribution is 5.94. The van der Waals surface area contributed by atoms with E-state index in [1.54, 1.807) is 6.20 Å². The number of fused-ring (bicyclic) bond motifs is 1. The van der Waals surface area contributed by atoms with Crippen LogP contribution in [0.15, 0.2) is 30.7 Å². The summed E-state index contributed by atoms with van der Waals surface area (Å²) < 4.78 is 7.64. The molecule has 0 aliphatic carbocycles. The first-order chi connectivity index (χ1) is 10.8. The standard InChI is InChI=1S/C16H22N4O2.2ClH/c17-6-1-11-22-14-4-8-19(9-5-14)16(21)13-2-3-15-18-7-10-20(15)12-13;;/h2-3,7,10,12,14H,1,4-6,8-9,11,17H2;2*1H. The van der Waals surface area contributed by atoms with Crippen molar-refractivity contribution in [2.24, 2.45) is 5.73 Å². The van der Waals surface area contributed by atoms with Gasteiger partial charge < -0.3 is 19.8 Å². The normalized spacial score (nSPS) is 15.0. The van der Waals surface area contributed by atoms with Crippen LogP contribution < -0.4 is 5.73 Å². The van der Waals surface area contributed by atoms with E-state index in [1.807, 2.05) is 33.8 Å². The minimum Gasteiger partial charge on any atom is -0.378 e. The third-order valence-corrected chi connectivity index (χ3v) is 4.07. The van der Waals surface area contributed by atoms with Gasteiger partial charge in [-0.2, -0.15) is 0 Å². The molecule has 0 bridgehead atoms. The third kappa shape index (κ3) is 4.83. The summed E-state index contributed by atoms with van der Waals surface area (Å²) in [6.45, 7) is 2.86. The Hall–Kier alpha value is -1.34. The highest BCUT2D eigenvalue weighted by Gasteiger charge is 2.24. The second-order valence-corrected chi connectivity index (χ2v) is 5.62. The molecule has 1 fully saturated rings. The summed E-state index contributed by atoms with van der Waals surface area (Å²) in [6, 6.07) is 3.71. The molecular formula is C16H24Cl2N4O2. The largest absolute Gasteiger partial charge is 0.378 e. The zero-order valence-corrected chi connectivity index (χ0v) is 15.1. The summed E-state index contributed by atoms with van der Waals surface area (Å²) >= 11 is 0. The van der Waals surface area contributed by atoms with Gasteiger partial charge in [-0.05, 0) is 37.9 Å². The van der Waals surface area contributed by atoms with Gasteiger partial charge in [-0.25, -0.2) is 4.98 Å². The molecule has 1 amide bonds. The number of piperidine rings is 1. The lowest BCUT2D eigenvalue weighted by Gasteiger charge is -2.32. The van der Waals surface area contributed by atoms with Crippen LogP contribution in [0.2, 0.25) is 0 Å². The SMILES string of the molecule is Cl.Cl.NCCCOC1CCN(C(=O)c2ccc3nccn3c2)CC1. The smallest absolute Gasteiger partial charge is 0.255 e. The van der Waals surface area contributed by atoms with Gasteiger partial charge in [0.15, 0.2) is 0 Å². The maximum atomic E-state index is 12.6. The first-order valence-corrected chi connectivity index (χ1v) is 7.81. The molecule has 0 radical (unpaired) electrons. The summed E-state index contributed by atoms with van der Waals surface area (Å²) in [5.41, 5.74) is 7.02. The molecule has 3 heterocycles. The fourth-order valence-electron chi connectivity index (χ4n) is 2.79. The molecule has 8 heteroatoms.